The van der Waals surface area contributed by atoms with E-state index in [1.165, 1.54) is 0 Å². The molecule has 0 atom stereocenters. The van der Waals surface area contributed by atoms with Crippen molar-refractivity contribution in [3.05, 3.63) is 0 Å². The Kier molecular flexibility index (Phi) is 7.50. The second-order valence-corrected chi connectivity index (χ2v) is 3.21. The molecule has 0 heterocycles. The predicted molar refractivity (Wildman–Crippen MR) is 44.0 cm³/mol. The second-order valence-electron chi connectivity index (χ2n) is 1.07. The topological polar surface area (TPSA) is 0 Å². The fraction of sp³-hybridized carbons (Fsp3) is 0.667. The molecule has 0 aliphatic carbocycles. The summed E-state index contributed by atoms with van der Waals surface area (Å²) in [6.07, 6.45) is 0. The van der Waals surface area contributed by atoms with Gasteiger partial charge in [0, 0.05) is 11.5 Å². The van der Waals surface area contributed by atoms with Crippen molar-refractivity contribution < 1.29 is 0 Å². The maximum atomic E-state index is 2.97. The summed E-state index contributed by atoms with van der Waals surface area (Å²) in [7, 11) is 0. The van der Waals surface area contributed by atoms with Gasteiger partial charge in [-0.25, -0.2) is 0 Å². The molecule has 0 aliphatic rings. The van der Waals surface area contributed by atoms with Crippen molar-refractivity contribution in [3.8, 4) is 10.5 Å². The Morgan fingerprint density at radius 1 is 1.00 bits per heavy atom. The van der Waals surface area contributed by atoms with E-state index in [0.29, 0.717) is 0 Å². The maximum absolute atomic E-state index is 2.97. The van der Waals surface area contributed by atoms with Crippen molar-refractivity contribution in [2.24, 2.45) is 0 Å². The fourth-order valence-electron chi connectivity index (χ4n) is 0.203. The standard InChI is InChI=1S/C6H10S2/c1-3-7-5-6-8-4-2/h3-4H2,1-2H3. The molecule has 46 valence electrons. The zero-order valence-electron chi connectivity index (χ0n) is 5.23. The van der Waals surface area contributed by atoms with Gasteiger partial charge >= 0.3 is 0 Å². The van der Waals surface area contributed by atoms with Crippen molar-refractivity contribution in [2.75, 3.05) is 11.5 Å². The Morgan fingerprint density at radius 2 is 1.38 bits per heavy atom. The van der Waals surface area contributed by atoms with E-state index in [-0.39, 0.29) is 0 Å². The van der Waals surface area contributed by atoms with E-state index in [1.54, 1.807) is 23.5 Å². The van der Waals surface area contributed by atoms with Gasteiger partial charge in [-0.3, -0.25) is 0 Å². The molecule has 0 spiro atoms. The Morgan fingerprint density at radius 3 is 1.62 bits per heavy atom. The molecule has 0 aromatic carbocycles. The minimum absolute atomic E-state index is 1.09. The monoisotopic (exact) mass is 146 g/mol. The van der Waals surface area contributed by atoms with Crippen LogP contribution in [0.15, 0.2) is 0 Å². The summed E-state index contributed by atoms with van der Waals surface area (Å²) in [5, 5.41) is 5.93. The van der Waals surface area contributed by atoms with Crippen molar-refractivity contribution in [1.29, 1.82) is 0 Å². The first kappa shape index (κ1) is 8.26. The average molecular weight is 146 g/mol. The van der Waals surface area contributed by atoms with Crippen molar-refractivity contribution >= 4 is 23.5 Å². The van der Waals surface area contributed by atoms with Gasteiger partial charge < -0.3 is 0 Å². The van der Waals surface area contributed by atoms with Gasteiger partial charge in [0.25, 0.3) is 0 Å². The largest absolute Gasteiger partial charge is 0.0745 e. The number of thioether (sulfide) groups is 2. The molecule has 0 nitrogen and oxygen atoms in total. The summed E-state index contributed by atoms with van der Waals surface area (Å²) < 4.78 is 0. The minimum atomic E-state index is 1.09. The van der Waals surface area contributed by atoms with E-state index in [0.717, 1.165) is 11.5 Å². The zero-order chi connectivity index (χ0) is 6.24. The van der Waals surface area contributed by atoms with Crippen LogP contribution < -0.4 is 0 Å². The predicted octanol–water partition coefficient (Wildman–Crippen LogP) is 2.41. The smallest absolute Gasteiger partial charge is 0.00285 e. The third-order valence-corrected chi connectivity index (χ3v) is 1.67. The molecule has 0 aromatic heterocycles. The first-order chi connectivity index (χ1) is 3.91. The van der Waals surface area contributed by atoms with Gasteiger partial charge in [0.05, 0.1) is 0 Å². The van der Waals surface area contributed by atoms with Crippen LogP contribution in [0.2, 0.25) is 0 Å². The van der Waals surface area contributed by atoms with Crippen molar-refractivity contribution in [1.82, 2.24) is 0 Å². The van der Waals surface area contributed by atoms with Gasteiger partial charge in [-0.15, -0.1) is 0 Å². The molecule has 0 aromatic rings. The van der Waals surface area contributed by atoms with E-state index >= 15 is 0 Å². The molecule has 0 aliphatic heterocycles. The van der Waals surface area contributed by atoms with Gasteiger partial charge in [0.1, 0.15) is 0 Å². The van der Waals surface area contributed by atoms with Crippen LogP contribution in [0, 0.1) is 10.5 Å². The number of rotatable bonds is 2. The molecule has 0 saturated heterocycles. The van der Waals surface area contributed by atoms with E-state index in [2.05, 4.69) is 24.4 Å². The van der Waals surface area contributed by atoms with Gasteiger partial charge in [-0.2, -0.15) is 0 Å². The Labute approximate surface area is 59.8 Å². The SMILES string of the molecule is CCSC#CSCC. The van der Waals surface area contributed by atoms with Crippen LogP contribution in [0.4, 0.5) is 0 Å². The van der Waals surface area contributed by atoms with Gasteiger partial charge in [-0.05, 0) is 10.5 Å². The number of hydrogen-bond donors (Lipinski definition) is 0. The quantitative estimate of drug-likeness (QED) is 0.549. The highest BCUT2D eigenvalue weighted by molar-refractivity contribution is 8.07. The molecule has 2 heteroatoms. The summed E-state index contributed by atoms with van der Waals surface area (Å²) in [4.78, 5) is 0. The highest BCUT2D eigenvalue weighted by Crippen LogP contribution is 1.98. The van der Waals surface area contributed by atoms with Crippen LogP contribution in [0.3, 0.4) is 0 Å². The lowest BCUT2D eigenvalue weighted by Crippen LogP contribution is -1.58. The Hall–Kier alpha value is 0.260. The van der Waals surface area contributed by atoms with Crippen LogP contribution >= 0.6 is 23.5 Å². The normalized spacial score (nSPS) is 7.75. The highest BCUT2D eigenvalue weighted by Gasteiger charge is 1.70. The molecule has 0 bridgehead atoms. The first-order valence-corrected chi connectivity index (χ1v) is 4.62. The molecule has 0 rings (SSSR count). The fourth-order valence-corrected chi connectivity index (χ4v) is 0.963. The molecule has 0 fully saturated rings. The average Bonchev–Trinajstić information content (AvgIpc) is 1.81. The molecule has 0 amide bonds. The third kappa shape index (κ3) is 6.26. The lowest BCUT2D eigenvalue weighted by molar-refractivity contribution is 1.54. The highest BCUT2D eigenvalue weighted by atomic mass is 32.2. The van der Waals surface area contributed by atoms with Gasteiger partial charge in [-0.1, -0.05) is 37.4 Å². The van der Waals surface area contributed by atoms with Crippen LogP contribution in [-0.2, 0) is 0 Å². The lowest BCUT2D eigenvalue weighted by atomic mass is 11.0. The number of hydrogen-bond acceptors (Lipinski definition) is 2. The molecule has 8 heavy (non-hydrogen) atoms. The Balaban J connectivity index is 2.95. The van der Waals surface area contributed by atoms with Crippen LogP contribution in [0.5, 0.6) is 0 Å². The molecule has 0 saturated carbocycles. The van der Waals surface area contributed by atoms with E-state index in [1.807, 2.05) is 0 Å². The first-order valence-electron chi connectivity index (χ1n) is 2.65. The van der Waals surface area contributed by atoms with E-state index in [4.69, 9.17) is 0 Å². The molecular formula is C6H10S2. The molecule has 0 unspecified atom stereocenters. The molecule has 0 N–H and O–H groups in total. The minimum Gasteiger partial charge on any atom is -0.0745 e. The third-order valence-electron chi connectivity index (χ3n) is 0.475. The van der Waals surface area contributed by atoms with Crippen LogP contribution in [-0.4, -0.2) is 11.5 Å². The van der Waals surface area contributed by atoms with Crippen molar-refractivity contribution in [2.45, 2.75) is 13.8 Å². The summed E-state index contributed by atoms with van der Waals surface area (Å²) in [6, 6.07) is 0. The maximum Gasteiger partial charge on any atom is 0.00285 e. The Bertz CT molecular complexity index is 78.4. The molecule has 0 radical (unpaired) electrons. The zero-order valence-corrected chi connectivity index (χ0v) is 6.86. The second kappa shape index (κ2) is 7.26. The lowest BCUT2D eigenvalue weighted by Gasteiger charge is -1.77. The summed E-state index contributed by atoms with van der Waals surface area (Å²) in [5.74, 6) is 2.19. The van der Waals surface area contributed by atoms with Crippen LogP contribution in [0.1, 0.15) is 13.8 Å². The van der Waals surface area contributed by atoms with Crippen LogP contribution in [0.25, 0.3) is 0 Å². The van der Waals surface area contributed by atoms with E-state index in [9.17, 15) is 0 Å². The molecular weight excluding hydrogens is 136 g/mol. The summed E-state index contributed by atoms with van der Waals surface area (Å²) >= 11 is 3.33. The van der Waals surface area contributed by atoms with Gasteiger partial charge in [0.15, 0.2) is 0 Å². The van der Waals surface area contributed by atoms with Crippen molar-refractivity contribution in [3.63, 3.8) is 0 Å². The van der Waals surface area contributed by atoms with Gasteiger partial charge in [0.2, 0.25) is 0 Å². The van der Waals surface area contributed by atoms with E-state index < -0.39 is 0 Å². The summed E-state index contributed by atoms with van der Waals surface area (Å²) in [6.45, 7) is 4.21. The summed E-state index contributed by atoms with van der Waals surface area (Å²) in [5.41, 5.74) is 0.